The van der Waals surface area contributed by atoms with E-state index in [1.54, 1.807) is 12.1 Å². The van der Waals surface area contributed by atoms with E-state index in [2.05, 4.69) is 10.6 Å². The number of carbonyl (C=O) groups is 5. The molecule has 2 aliphatic rings. The van der Waals surface area contributed by atoms with Crippen molar-refractivity contribution >= 4 is 29.4 Å². The molecule has 1 aliphatic carbocycles. The van der Waals surface area contributed by atoms with Crippen molar-refractivity contribution in [3.63, 3.8) is 0 Å². The first-order chi connectivity index (χ1) is 17.4. The largest absolute Gasteiger partial charge is 0.481 e. The lowest BCUT2D eigenvalue weighted by Gasteiger charge is -2.24. The zero-order valence-electron chi connectivity index (χ0n) is 20.1. The lowest BCUT2D eigenvalue weighted by atomic mass is 9.82. The van der Waals surface area contributed by atoms with Gasteiger partial charge in [0.1, 0.15) is 0 Å². The van der Waals surface area contributed by atoms with Crippen molar-refractivity contribution in [2.45, 2.75) is 25.7 Å². The van der Waals surface area contributed by atoms with Crippen molar-refractivity contribution in [1.82, 2.24) is 10.6 Å². The molecule has 1 saturated heterocycles. The van der Waals surface area contributed by atoms with E-state index in [1.165, 1.54) is 0 Å². The zero-order chi connectivity index (χ0) is 25.9. The van der Waals surface area contributed by atoms with Gasteiger partial charge in [-0.1, -0.05) is 18.2 Å². The predicted octanol–water partition coefficient (Wildman–Crippen LogP) is 0.391. The molecular weight excluding hydrogens is 472 g/mol. The second-order valence-corrected chi connectivity index (χ2v) is 8.58. The number of carboxylic acids is 1. The molecule has 1 aromatic rings. The molecule has 3 rings (SSSR count). The maximum atomic E-state index is 13.1. The van der Waals surface area contributed by atoms with E-state index in [9.17, 15) is 24.0 Å². The Morgan fingerprint density at radius 2 is 1.64 bits per heavy atom. The van der Waals surface area contributed by atoms with E-state index in [-0.39, 0.29) is 43.3 Å². The molecule has 196 valence electrons. The van der Waals surface area contributed by atoms with Crippen LogP contribution in [0.2, 0.25) is 0 Å². The summed E-state index contributed by atoms with van der Waals surface area (Å²) in [6.07, 6.45) is 0.830. The van der Waals surface area contributed by atoms with Crippen molar-refractivity contribution in [2.24, 2.45) is 11.8 Å². The van der Waals surface area contributed by atoms with Crippen molar-refractivity contribution in [3.05, 3.63) is 34.9 Å². The summed E-state index contributed by atoms with van der Waals surface area (Å²) in [5, 5.41) is 14.0. The lowest BCUT2D eigenvalue weighted by Crippen LogP contribution is -2.46. The fourth-order valence-electron chi connectivity index (χ4n) is 4.33. The van der Waals surface area contributed by atoms with Gasteiger partial charge in [0.25, 0.3) is 0 Å². The van der Waals surface area contributed by atoms with Gasteiger partial charge in [-0.25, -0.2) is 0 Å². The number of ketones is 2. The van der Waals surface area contributed by atoms with Crippen molar-refractivity contribution in [2.75, 3.05) is 52.7 Å². The van der Waals surface area contributed by atoms with Gasteiger partial charge in [0.05, 0.1) is 57.9 Å². The number of amides is 2. The van der Waals surface area contributed by atoms with Crippen LogP contribution in [0.15, 0.2) is 18.2 Å². The fourth-order valence-corrected chi connectivity index (χ4v) is 4.33. The topological polar surface area (TPSA) is 157 Å². The van der Waals surface area contributed by atoms with Gasteiger partial charge >= 0.3 is 5.97 Å². The maximum Gasteiger partial charge on any atom is 0.305 e. The summed E-state index contributed by atoms with van der Waals surface area (Å²) in [6.45, 7) is 3.34. The van der Waals surface area contributed by atoms with Crippen LogP contribution in [0, 0.1) is 11.8 Å². The molecule has 1 unspecified atom stereocenters. The van der Waals surface area contributed by atoms with E-state index in [0.717, 1.165) is 5.56 Å². The van der Waals surface area contributed by atoms with Gasteiger partial charge in [0.15, 0.2) is 11.6 Å². The number of carboxylic acid groups (broad SMARTS) is 1. The zero-order valence-corrected chi connectivity index (χ0v) is 20.1. The fraction of sp³-hybridized carbons (Fsp3) is 0.560. The van der Waals surface area contributed by atoms with Gasteiger partial charge in [0, 0.05) is 24.1 Å². The molecule has 0 bridgehead atoms. The summed E-state index contributed by atoms with van der Waals surface area (Å²) in [7, 11) is 0. The standard InChI is InChI=1S/C25H32N2O9/c28-19-5-4-18(25(33)27-19)22-23(31)17-3-1-2-16(21(17)24(22)32)6-8-26-9-11-35-13-15-36-14-12-34-10-7-20(29)30/h1-3,18,22,26H,4-15H2,(H,29,30)(H,27,28,33)/t18?,22-/m1/s1. The van der Waals surface area contributed by atoms with Crippen LogP contribution >= 0.6 is 0 Å². The lowest BCUT2D eigenvalue weighted by molar-refractivity contribution is -0.139. The number of hydrogen-bond acceptors (Lipinski definition) is 9. The van der Waals surface area contributed by atoms with Gasteiger partial charge < -0.3 is 24.6 Å². The number of fused-ring (bicyclic) bond motifs is 1. The third-order valence-electron chi connectivity index (χ3n) is 6.11. The van der Waals surface area contributed by atoms with Gasteiger partial charge in [-0.2, -0.15) is 0 Å². The number of aliphatic carboxylic acids is 1. The van der Waals surface area contributed by atoms with Crippen molar-refractivity contribution in [1.29, 1.82) is 0 Å². The molecule has 0 aromatic heterocycles. The highest BCUT2D eigenvalue weighted by Crippen LogP contribution is 2.36. The Kier molecular flexibility index (Phi) is 10.7. The molecule has 2 atom stereocenters. The molecular formula is C25H32N2O9. The SMILES string of the molecule is O=C(O)CCOCCOCCOCCNCCc1cccc2c1C(=O)[C@H](C1CCC(=O)NC1=O)C2=O. The number of hydrogen-bond donors (Lipinski definition) is 3. The molecule has 11 nitrogen and oxygen atoms in total. The van der Waals surface area contributed by atoms with Crippen LogP contribution in [-0.4, -0.2) is 87.2 Å². The quantitative estimate of drug-likeness (QED) is 0.163. The molecule has 1 aromatic carbocycles. The molecule has 1 aliphatic heterocycles. The van der Waals surface area contributed by atoms with Crippen LogP contribution in [0.25, 0.3) is 0 Å². The number of nitrogens with one attached hydrogen (secondary N) is 2. The molecule has 11 heteroatoms. The number of ether oxygens (including phenoxy) is 3. The summed E-state index contributed by atoms with van der Waals surface area (Å²) < 4.78 is 15.9. The normalized spacial score (nSPS) is 19.4. The van der Waals surface area contributed by atoms with Crippen LogP contribution in [0.1, 0.15) is 45.5 Å². The highest BCUT2D eigenvalue weighted by molar-refractivity contribution is 6.28. The summed E-state index contributed by atoms with van der Waals surface area (Å²) >= 11 is 0. The number of carbonyl (C=O) groups excluding carboxylic acids is 4. The van der Waals surface area contributed by atoms with E-state index in [4.69, 9.17) is 19.3 Å². The van der Waals surface area contributed by atoms with Gasteiger partial charge in [-0.3, -0.25) is 29.3 Å². The van der Waals surface area contributed by atoms with Gasteiger partial charge in [-0.15, -0.1) is 0 Å². The van der Waals surface area contributed by atoms with E-state index in [0.29, 0.717) is 63.7 Å². The molecule has 1 heterocycles. The van der Waals surface area contributed by atoms with E-state index in [1.807, 2.05) is 6.07 Å². The monoisotopic (exact) mass is 504 g/mol. The number of rotatable bonds is 16. The summed E-state index contributed by atoms with van der Waals surface area (Å²) in [6, 6.07) is 5.18. The third-order valence-corrected chi connectivity index (χ3v) is 6.11. The predicted molar refractivity (Wildman–Crippen MR) is 126 cm³/mol. The molecule has 3 N–H and O–H groups in total. The highest BCUT2D eigenvalue weighted by Gasteiger charge is 2.48. The minimum Gasteiger partial charge on any atom is -0.481 e. The summed E-state index contributed by atoms with van der Waals surface area (Å²) in [5.41, 5.74) is 1.50. The molecule has 0 saturated carbocycles. The van der Waals surface area contributed by atoms with Crippen LogP contribution in [-0.2, 0) is 35.0 Å². The highest BCUT2D eigenvalue weighted by atomic mass is 16.5. The summed E-state index contributed by atoms with van der Waals surface area (Å²) in [4.78, 5) is 60.1. The first kappa shape index (κ1) is 27.6. The Bertz CT molecular complexity index is 978. The Balaban J connectivity index is 1.33. The van der Waals surface area contributed by atoms with Gasteiger partial charge in [-0.05, 0) is 24.9 Å². The minimum absolute atomic E-state index is 0.0276. The van der Waals surface area contributed by atoms with Crippen LogP contribution < -0.4 is 10.6 Å². The van der Waals surface area contributed by atoms with E-state index < -0.39 is 23.7 Å². The van der Waals surface area contributed by atoms with Crippen LogP contribution in [0.3, 0.4) is 0 Å². The smallest absolute Gasteiger partial charge is 0.305 e. The molecule has 0 radical (unpaired) electrons. The van der Waals surface area contributed by atoms with E-state index >= 15 is 0 Å². The Morgan fingerprint density at radius 3 is 2.33 bits per heavy atom. The van der Waals surface area contributed by atoms with Crippen molar-refractivity contribution in [3.8, 4) is 0 Å². The molecule has 2 amide bonds. The van der Waals surface area contributed by atoms with Crippen LogP contribution in [0.5, 0.6) is 0 Å². The Morgan fingerprint density at radius 1 is 0.944 bits per heavy atom. The second kappa shape index (κ2) is 13.9. The third kappa shape index (κ3) is 7.50. The summed E-state index contributed by atoms with van der Waals surface area (Å²) in [5.74, 6) is -4.39. The number of imide groups is 1. The maximum absolute atomic E-state index is 13.1. The average Bonchev–Trinajstić information content (AvgIpc) is 3.09. The average molecular weight is 505 g/mol. The Hall–Kier alpha value is -2.99. The second-order valence-electron chi connectivity index (χ2n) is 8.58. The molecule has 1 fully saturated rings. The number of piperidine rings is 1. The molecule has 36 heavy (non-hydrogen) atoms. The van der Waals surface area contributed by atoms with Crippen LogP contribution in [0.4, 0.5) is 0 Å². The number of Topliss-reactive ketones (excluding diaryl/α,β-unsaturated/α-hetero) is 2. The number of benzene rings is 1. The Labute approximate surface area is 208 Å². The minimum atomic E-state index is -1.06. The van der Waals surface area contributed by atoms with Gasteiger partial charge in [0.2, 0.25) is 11.8 Å². The molecule has 0 spiro atoms. The first-order valence-electron chi connectivity index (χ1n) is 12.1. The van der Waals surface area contributed by atoms with Crippen molar-refractivity contribution < 1.29 is 43.3 Å². The first-order valence-corrected chi connectivity index (χ1v) is 12.1.